The van der Waals surface area contributed by atoms with Crippen molar-refractivity contribution in [3.63, 3.8) is 0 Å². The maximum Gasteiger partial charge on any atom is 0.0868 e. The van der Waals surface area contributed by atoms with Crippen LogP contribution in [0.2, 0.25) is 0 Å². The molecule has 0 amide bonds. The molecule has 62 valence electrons. The molecule has 0 heterocycles. The van der Waals surface area contributed by atoms with Crippen LogP contribution in [0.1, 0.15) is 20.3 Å². The number of rotatable bonds is 5. The van der Waals surface area contributed by atoms with Crippen LogP contribution in [-0.4, -0.2) is 24.5 Å². The van der Waals surface area contributed by atoms with E-state index >= 15 is 0 Å². The van der Waals surface area contributed by atoms with Gasteiger partial charge in [-0.25, -0.2) is 0 Å². The highest BCUT2D eigenvalue weighted by atomic mass is 15.1. The molecule has 0 rings (SSSR count). The van der Waals surface area contributed by atoms with Crippen LogP contribution in [0, 0.1) is 11.3 Å². The van der Waals surface area contributed by atoms with Gasteiger partial charge in [-0.3, -0.25) is 4.90 Å². The van der Waals surface area contributed by atoms with Gasteiger partial charge in [0.1, 0.15) is 0 Å². The van der Waals surface area contributed by atoms with Crippen LogP contribution in [0.3, 0.4) is 0 Å². The van der Waals surface area contributed by atoms with Crippen LogP contribution < -0.4 is 0 Å². The van der Waals surface area contributed by atoms with Gasteiger partial charge in [-0.15, -0.1) is 0 Å². The molecule has 0 spiro atoms. The van der Waals surface area contributed by atoms with Crippen molar-refractivity contribution < 1.29 is 0 Å². The Morgan fingerprint density at radius 3 is 2.55 bits per heavy atom. The summed E-state index contributed by atoms with van der Waals surface area (Å²) in [4.78, 5) is 2.08. The van der Waals surface area contributed by atoms with E-state index < -0.39 is 0 Å². The standard InChI is InChI=1S/C9H16N2/c1-4-9(3)8-11(5-2)7-6-10/h3-5,7-8H2,1-2H3. The van der Waals surface area contributed by atoms with Crippen molar-refractivity contribution in [1.29, 1.82) is 5.26 Å². The molecular weight excluding hydrogens is 136 g/mol. The van der Waals surface area contributed by atoms with E-state index in [0.717, 1.165) is 19.5 Å². The summed E-state index contributed by atoms with van der Waals surface area (Å²) < 4.78 is 0. The first-order valence-corrected chi connectivity index (χ1v) is 4.00. The maximum atomic E-state index is 8.43. The second-order valence-electron chi connectivity index (χ2n) is 2.56. The van der Waals surface area contributed by atoms with Gasteiger partial charge in [-0.2, -0.15) is 5.26 Å². The number of nitrogens with zero attached hydrogens (tertiary/aromatic N) is 2. The second kappa shape index (κ2) is 5.94. The van der Waals surface area contributed by atoms with Gasteiger partial charge in [0.25, 0.3) is 0 Å². The zero-order valence-corrected chi connectivity index (χ0v) is 7.43. The van der Waals surface area contributed by atoms with Gasteiger partial charge in [-0.05, 0) is 13.0 Å². The van der Waals surface area contributed by atoms with E-state index in [-0.39, 0.29) is 0 Å². The third-order valence-corrected chi connectivity index (χ3v) is 1.69. The molecule has 0 saturated heterocycles. The first kappa shape index (κ1) is 10.2. The molecule has 2 heteroatoms. The summed E-state index contributed by atoms with van der Waals surface area (Å²) in [5, 5.41) is 8.43. The normalized spacial score (nSPS) is 9.64. The molecule has 0 atom stereocenters. The van der Waals surface area contributed by atoms with E-state index in [9.17, 15) is 0 Å². The molecular formula is C9H16N2. The van der Waals surface area contributed by atoms with Gasteiger partial charge in [0, 0.05) is 6.54 Å². The van der Waals surface area contributed by atoms with Crippen LogP contribution in [-0.2, 0) is 0 Å². The molecule has 0 aliphatic rings. The SMILES string of the molecule is C=C(CC)CN(CC)CC#N. The number of hydrogen-bond acceptors (Lipinski definition) is 2. The minimum atomic E-state index is 0.509. The predicted octanol–water partition coefficient (Wildman–Crippen LogP) is 1.80. The van der Waals surface area contributed by atoms with Crippen LogP contribution in [0.4, 0.5) is 0 Å². The molecule has 0 saturated carbocycles. The molecule has 0 unspecified atom stereocenters. The fourth-order valence-corrected chi connectivity index (χ4v) is 0.808. The molecule has 0 N–H and O–H groups in total. The van der Waals surface area contributed by atoms with Crippen LogP contribution in [0.25, 0.3) is 0 Å². The minimum Gasteiger partial charge on any atom is -0.287 e. The van der Waals surface area contributed by atoms with Crippen molar-refractivity contribution >= 4 is 0 Å². The topological polar surface area (TPSA) is 27.0 Å². The largest absolute Gasteiger partial charge is 0.287 e. The van der Waals surface area contributed by atoms with E-state index in [1.54, 1.807) is 0 Å². The number of nitriles is 1. The summed E-state index contributed by atoms with van der Waals surface area (Å²) in [6.45, 7) is 10.3. The first-order chi connectivity index (χ1) is 5.24. The second-order valence-corrected chi connectivity index (χ2v) is 2.56. The zero-order chi connectivity index (χ0) is 8.69. The molecule has 0 bridgehead atoms. The van der Waals surface area contributed by atoms with Gasteiger partial charge >= 0.3 is 0 Å². The molecule has 0 aliphatic carbocycles. The van der Waals surface area contributed by atoms with Gasteiger partial charge < -0.3 is 0 Å². The third kappa shape index (κ3) is 4.58. The van der Waals surface area contributed by atoms with Crippen molar-refractivity contribution in [1.82, 2.24) is 4.90 Å². The van der Waals surface area contributed by atoms with Crippen LogP contribution >= 0.6 is 0 Å². The highest BCUT2D eigenvalue weighted by Gasteiger charge is 2.00. The summed E-state index contributed by atoms with van der Waals surface area (Å²) in [7, 11) is 0. The van der Waals surface area contributed by atoms with E-state index in [1.165, 1.54) is 5.57 Å². The van der Waals surface area contributed by atoms with Crippen molar-refractivity contribution in [2.75, 3.05) is 19.6 Å². The molecule has 0 aliphatic heterocycles. The summed E-state index contributed by atoms with van der Waals surface area (Å²) >= 11 is 0. The summed E-state index contributed by atoms with van der Waals surface area (Å²) in [5.74, 6) is 0. The lowest BCUT2D eigenvalue weighted by molar-refractivity contribution is 0.348. The van der Waals surface area contributed by atoms with Crippen molar-refractivity contribution in [2.24, 2.45) is 0 Å². The van der Waals surface area contributed by atoms with E-state index in [0.29, 0.717) is 6.54 Å². The Morgan fingerprint density at radius 1 is 1.55 bits per heavy atom. The zero-order valence-electron chi connectivity index (χ0n) is 7.43. The summed E-state index contributed by atoms with van der Waals surface area (Å²) in [5.41, 5.74) is 1.20. The Morgan fingerprint density at radius 2 is 2.18 bits per heavy atom. The molecule has 0 radical (unpaired) electrons. The lowest BCUT2D eigenvalue weighted by Crippen LogP contribution is -2.25. The molecule has 0 aromatic carbocycles. The van der Waals surface area contributed by atoms with Gasteiger partial charge in [0.2, 0.25) is 0 Å². The lowest BCUT2D eigenvalue weighted by Gasteiger charge is -2.16. The van der Waals surface area contributed by atoms with Crippen LogP contribution in [0.5, 0.6) is 0 Å². The van der Waals surface area contributed by atoms with Gasteiger partial charge in [0.15, 0.2) is 0 Å². The average molecular weight is 152 g/mol. The van der Waals surface area contributed by atoms with E-state index in [4.69, 9.17) is 5.26 Å². The molecule has 0 aromatic heterocycles. The van der Waals surface area contributed by atoms with E-state index in [2.05, 4.69) is 31.4 Å². The predicted molar refractivity (Wildman–Crippen MR) is 47.2 cm³/mol. The highest BCUT2D eigenvalue weighted by molar-refractivity contribution is 4.97. The Bertz CT molecular complexity index is 155. The maximum absolute atomic E-state index is 8.43. The summed E-state index contributed by atoms with van der Waals surface area (Å²) in [6.07, 6.45) is 1.00. The smallest absolute Gasteiger partial charge is 0.0868 e. The lowest BCUT2D eigenvalue weighted by atomic mass is 10.2. The molecule has 0 aromatic rings. The fraction of sp³-hybridized carbons (Fsp3) is 0.667. The van der Waals surface area contributed by atoms with Crippen molar-refractivity contribution in [3.05, 3.63) is 12.2 Å². The molecule has 0 fully saturated rings. The Hall–Kier alpha value is -0.810. The van der Waals surface area contributed by atoms with Crippen LogP contribution in [0.15, 0.2) is 12.2 Å². The van der Waals surface area contributed by atoms with E-state index in [1.807, 2.05) is 0 Å². The fourth-order valence-electron chi connectivity index (χ4n) is 0.808. The Kier molecular flexibility index (Phi) is 5.50. The first-order valence-electron chi connectivity index (χ1n) is 4.00. The highest BCUT2D eigenvalue weighted by Crippen LogP contribution is 1.99. The molecule has 11 heavy (non-hydrogen) atoms. The summed E-state index contributed by atoms with van der Waals surface area (Å²) in [6, 6.07) is 2.13. The number of hydrogen-bond donors (Lipinski definition) is 0. The Labute approximate surface area is 69.1 Å². The van der Waals surface area contributed by atoms with Crippen molar-refractivity contribution in [3.8, 4) is 6.07 Å². The van der Waals surface area contributed by atoms with Crippen molar-refractivity contribution in [2.45, 2.75) is 20.3 Å². The monoisotopic (exact) mass is 152 g/mol. The number of likely N-dealkylation sites (N-methyl/N-ethyl adjacent to an activating group) is 1. The van der Waals surface area contributed by atoms with Gasteiger partial charge in [-0.1, -0.05) is 26.0 Å². The Balaban J connectivity index is 3.70. The van der Waals surface area contributed by atoms with Gasteiger partial charge in [0.05, 0.1) is 12.6 Å². The third-order valence-electron chi connectivity index (χ3n) is 1.69. The quantitative estimate of drug-likeness (QED) is 0.443. The minimum absolute atomic E-state index is 0.509. The average Bonchev–Trinajstić information content (AvgIpc) is 2.03. The molecule has 2 nitrogen and oxygen atoms in total.